The number of fused-ring (bicyclic) bond motifs is 1. The molecule has 6 nitrogen and oxygen atoms in total. The van der Waals surface area contributed by atoms with E-state index in [1.807, 2.05) is 17.9 Å². The minimum atomic E-state index is -0.990. The zero-order chi connectivity index (χ0) is 21.4. The zero-order valence-electron chi connectivity index (χ0n) is 16.6. The van der Waals surface area contributed by atoms with Crippen LogP contribution in [-0.4, -0.2) is 46.9 Å². The van der Waals surface area contributed by atoms with E-state index < -0.39 is 29.9 Å². The average Bonchev–Trinajstić information content (AvgIpc) is 3.13. The maximum absolute atomic E-state index is 14.5. The molecule has 0 unspecified atom stereocenters. The number of aromatic nitrogens is 3. The quantitative estimate of drug-likeness (QED) is 0.709. The summed E-state index contributed by atoms with van der Waals surface area (Å²) >= 11 is 0. The minimum Gasteiger partial charge on any atom is -0.340 e. The van der Waals surface area contributed by atoms with E-state index in [0.29, 0.717) is 42.2 Å². The first kappa shape index (κ1) is 20.2. The SMILES string of the molecule is CN[C@@H]1CN(c2nc3c(F)cc(F)cc3n2[C@@H](C)c2ccc(C#N)cn2)CC[C@H]1F. The number of rotatable bonds is 4. The van der Waals surface area contributed by atoms with Crippen LogP contribution in [0.1, 0.15) is 30.6 Å². The highest BCUT2D eigenvalue weighted by Gasteiger charge is 2.32. The average molecular weight is 414 g/mol. The van der Waals surface area contributed by atoms with Crippen molar-refractivity contribution < 1.29 is 13.2 Å². The molecule has 0 saturated carbocycles. The van der Waals surface area contributed by atoms with Gasteiger partial charge in [0.2, 0.25) is 5.95 Å². The smallest absolute Gasteiger partial charge is 0.207 e. The van der Waals surface area contributed by atoms with E-state index in [0.717, 1.165) is 6.07 Å². The van der Waals surface area contributed by atoms with Crippen molar-refractivity contribution in [1.82, 2.24) is 19.9 Å². The molecule has 1 aliphatic heterocycles. The van der Waals surface area contributed by atoms with Crippen molar-refractivity contribution in [2.24, 2.45) is 0 Å². The molecule has 0 amide bonds. The van der Waals surface area contributed by atoms with E-state index in [2.05, 4.69) is 15.3 Å². The topological polar surface area (TPSA) is 69.8 Å². The van der Waals surface area contributed by atoms with E-state index in [1.165, 1.54) is 12.3 Å². The van der Waals surface area contributed by atoms with Crippen molar-refractivity contribution in [1.29, 1.82) is 5.26 Å². The Balaban J connectivity index is 1.85. The maximum atomic E-state index is 14.5. The van der Waals surface area contributed by atoms with Crippen LogP contribution >= 0.6 is 0 Å². The van der Waals surface area contributed by atoms with Crippen LogP contribution in [0.2, 0.25) is 0 Å². The normalized spacial score (nSPS) is 20.3. The van der Waals surface area contributed by atoms with Crippen LogP contribution in [0.4, 0.5) is 19.1 Å². The molecule has 156 valence electrons. The van der Waals surface area contributed by atoms with Gasteiger partial charge in [-0.05, 0) is 32.5 Å². The Morgan fingerprint density at radius 2 is 2.10 bits per heavy atom. The molecule has 3 atom stereocenters. The largest absolute Gasteiger partial charge is 0.340 e. The summed E-state index contributed by atoms with van der Waals surface area (Å²) in [5.74, 6) is -1.03. The Morgan fingerprint density at radius 3 is 2.77 bits per heavy atom. The second kappa shape index (κ2) is 7.95. The summed E-state index contributed by atoms with van der Waals surface area (Å²) in [7, 11) is 1.70. The number of anilines is 1. The fourth-order valence-corrected chi connectivity index (χ4v) is 3.94. The van der Waals surface area contributed by atoms with E-state index in [1.54, 1.807) is 23.7 Å². The Labute approximate surface area is 172 Å². The van der Waals surface area contributed by atoms with E-state index >= 15 is 0 Å². The molecule has 1 saturated heterocycles. The monoisotopic (exact) mass is 414 g/mol. The molecule has 1 aromatic carbocycles. The summed E-state index contributed by atoms with van der Waals surface area (Å²) < 4.78 is 44.5. The van der Waals surface area contributed by atoms with Gasteiger partial charge < -0.3 is 14.8 Å². The van der Waals surface area contributed by atoms with Crippen molar-refractivity contribution in [2.45, 2.75) is 31.6 Å². The third-order valence-electron chi connectivity index (χ3n) is 5.61. The van der Waals surface area contributed by atoms with Gasteiger partial charge in [-0.2, -0.15) is 5.26 Å². The molecular formula is C21H21F3N6. The van der Waals surface area contributed by atoms with Crippen molar-refractivity contribution in [2.75, 3.05) is 25.0 Å². The molecule has 0 bridgehead atoms. The van der Waals surface area contributed by atoms with Gasteiger partial charge in [0.1, 0.15) is 23.6 Å². The molecule has 1 fully saturated rings. The summed E-state index contributed by atoms with van der Waals surface area (Å²) in [6, 6.07) is 6.60. The zero-order valence-corrected chi connectivity index (χ0v) is 16.6. The van der Waals surface area contributed by atoms with Crippen LogP contribution in [0.15, 0.2) is 30.5 Å². The number of halogens is 3. The molecule has 9 heteroatoms. The predicted octanol–water partition coefficient (Wildman–Crippen LogP) is 3.33. The third kappa shape index (κ3) is 3.48. The first-order valence-electron chi connectivity index (χ1n) is 9.72. The number of pyridine rings is 1. The lowest BCUT2D eigenvalue weighted by atomic mass is 10.0. The predicted molar refractivity (Wildman–Crippen MR) is 107 cm³/mol. The Hall–Kier alpha value is -3.12. The number of nitriles is 1. The molecule has 3 aromatic rings. The number of piperidine rings is 1. The summed E-state index contributed by atoms with van der Waals surface area (Å²) in [5.41, 5.74) is 1.38. The lowest BCUT2D eigenvalue weighted by Gasteiger charge is -2.36. The van der Waals surface area contributed by atoms with Crippen LogP contribution in [0, 0.1) is 23.0 Å². The highest BCUT2D eigenvalue weighted by Crippen LogP contribution is 2.33. The number of likely N-dealkylation sites (N-methyl/N-ethyl adjacent to an activating group) is 1. The second-order valence-electron chi connectivity index (χ2n) is 7.44. The van der Waals surface area contributed by atoms with Gasteiger partial charge in [-0.15, -0.1) is 0 Å². The van der Waals surface area contributed by atoms with Crippen molar-refractivity contribution >= 4 is 17.0 Å². The van der Waals surface area contributed by atoms with Crippen molar-refractivity contribution in [3.8, 4) is 6.07 Å². The highest BCUT2D eigenvalue weighted by atomic mass is 19.1. The molecule has 3 heterocycles. The standard InChI is InChI=1S/C21H21F3N6/c1-12(17-4-3-13(9-25)10-27-17)30-19-8-14(22)7-16(24)20(19)28-21(30)29-6-5-15(23)18(11-29)26-2/h3-4,7-8,10,12,15,18,26H,5-6,11H2,1-2H3/t12-,15+,18+/m0/s1. The van der Waals surface area contributed by atoms with Gasteiger partial charge in [0.15, 0.2) is 5.82 Å². The summed E-state index contributed by atoms with van der Waals surface area (Å²) in [6.07, 6.45) is 0.766. The third-order valence-corrected chi connectivity index (χ3v) is 5.61. The molecule has 1 N–H and O–H groups in total. The molecule has 0 aliphatic carbocycles. The number of imidazole rings is 1. The van der Waals surface area contributed by atoms with Crippen molar-refractivity contribution in [3.05, 3.63) is 53.4 Å². The molecule has 30 heavy (non-hydrogen) atoms. The van der Waals surface area contributed by atoms with E-state index in [-0.39, 0.29) is 5.52 Å². The minimum absolute atomic E-state index is 0.0512. The van der Waals surface area contributed by atoms with Crippen LogP contribution < -0.4 is 10.2 Å². The van der Waals surface area contributed by atoms with Gasteiger partial charge in [0.05, 0.1) is 28.9 Å². The first-order valence-corrected chi connectivity index (χ1v) is 9.72. The number of hydrogen-bond acceptors (Lipinski definition) is 5. The molecule has 0 spiro atoms. The molecule has 0 radical (unpaired) electrons. The number of nitrogens with zero attached hydrogens (tertiary/aromatic N) is 5. The van der Waals surface area contributed by atoms with Crippen LogP contribution in [0.3, 0.4) is 0 Å². The highest BCUT2D eigenvalue weighted by molar-refractivity contribution is 5.80. The van der Waals surface area contributed by atoms with Crippen LogP contribution in [-0.2, 0) is 0 Å². The Kier molecular flexibility index (Phi) is 5.35. The lowest BCUT2D eigenvalue weighted by Crippen LogP contribution is -2.51. The van der Waals surface area contributed by atoms with Crippen LogP contribution in [0.25, 0.3) is 11.0 Å². The number of alkyl halides is 1. The van der Waals surface area contributed by atoms with Gasteiger partial charge in [0, 0.05) is 31.4 Å². The maximum Gasteiger partial charge on any atom is 0.207 e. The second-order valence-corrected chi connectivity index (χ2v) is 7.44. The lowest BCUT2D eigenvalue weighted by molar-refractivity contribution is 0.221. The fraction of sp³-hybridized carbons (Fsp3) is 0.381. The van der Waals surface area contributed by atoms with Gasteiger partial charge in [-0.25, -0.2) is 18.2 Å². The molecular weight excluding hydrogens is 393 g/mol. The molecule has 4 rings (SSSR count). The van der Waals surface area contributed by atoms with Crippen molar-refractivity contribution in [3.63, 3.8) is 0 Å². The van der Waals surface area contributed by atoms with Gasteiger partial charge in [0.25, 0.3) is 0 Å². The molecule has 1 aliphatic rings. The Bertz CT molecular complexity index is 1100. The van der Waals surface area contributed by atoms with E-state index in [4.69, 9.17) is 5.26 Å². The number of benzene rings is 1. The summed E-state index contributed by atoms with van der Waals surface area (Å²) in [5, 5.41) is 12.0. The number of hydrogen-bond donors (Lipinski definition) is 1. The summed E-state index contributed by atoms with van der Waals surface area (Å²) in [6.45, 7) is 2.60. The Morgan fingerprint density at radius 1 is 1.30 bits per heavy atom. The summed E-state index contributed by atoms with van der Waals surface area (Å²) in [4.78, 5) is 10.7. The number of nitrogens with one attached hydrogen (secondary N) is 1. The van der Waals surface area contributed by atoms with Gasteiger partial charge in [-0.1, -0.05) is 0 Å². The first-order chi connectivity index (χ1) is 14.4. The van der Waals surface area contributed by atoms with Gasteiger partial charge >= 0.3 is 0 Å². The molecule has 2 aromatic heterocycles. The fourth-order valence-electron chi connectivity index (χ4n) is 3.94. The van der Waals surface area contributed by atoms with Crippen LogP contribution in [0.5, 0.6) is 0 Å². The van der Waals surface area contributed by atoms with E-state index in [9.17, 15) is 13.2 Å². The van der Waals surface area contributed by atoms with Gasteiger partial charge in [-0.3, -0.25) is 4.98 Å².